The Balaban J connectivity index is 1.85. The molecule has 1 N–H and O–H groups in total. The summed E-state index contributed by atoms with van der Waals surface area (Å²) in [5, 5.41) is 3.60. The summed E-state index contributed by atoms with van der Waals surface area (Å²) in [5.74, 6) is 1.92. The predicted octanol–water partition coefficient (Wildman–Crippen LogP) is 3.20. The smallest absolute Gasteiger partial charge is 0.00411 e. The van der Waals surface area contributed by atoms with Crippen molar-refractivity contribution in [3.63, 3.8) is 0 Å². The van der Waals surface area contributed by atoms with E-state index in [9.17, 15) is 0 Å². The number of hydrogen-bond acceptors (Lipinski definition) is 1. The molecular weight excluding hydrogens is 158 g/mol. The third-order valence-corrected chi connectivity index (χ3v) is 2.80. The summed E-state index contributed by atoms with van der Waals surface area (Å²) in [6.45, 7) is 8.12. The molecule has 1 heteroatoms. The van der Waals surface area contributed by atoms with E-state index in [4.69, 9.17) is 0 Å². The normalized spacial score (nSPS) is 19.4. The second-order valence-electron chi connectivity index (χ2n) is 5.07. The fraction of sp³-hybridized carbons (Fsp3) is 1.00. The predicted molar refractivity (Wildman–Crippen MR) is 58.9 cm³/mol. The average molecular weight is 183 g/mol. The van der Waals surface area contributed by atoms with Crippen LogP contribution in [0.3, 0.4) is 0 Å². The van der Waals surface area contributed by atoms with Crippen LogP contribution in [0.5, 0.6) is 0 Å². The van der Waals surface area contributed by atoms with E-state index in [0.717, 1.165) is 11.8 Å². The number of nitrogens with one attached hydrogen (secondary N) is 1. The summed E-state index contributed by atoms with van der Waals surface area (Å²) < 4.78 is 0. The van der Waals surface area contributed by atoms with Crippen LogP contribution in [0.25, 0.3) is 0 Å². The molecule has 1 saturated carbocycles. The van der Waals surface area contributed by atoms with Gasteiger partial charge in [-0.3, -0.25) is 0 Å². The number of rotatable bonds is 7. The third-order valence-electron chi connectivity index (χ3n) is 2.80. The van der Waals surface area contributed by atoms with Gasteiger partial charge in [0.15, 0.2) is 0 Å². The van der Waals surface area contributed by atoms with Crippen molar-refractivity contribution >= 4 is 0 Å². The topological polar surface area (TPSA) is 12.0 Å². The van der Waals surface area contributed by atoms with Crippen LogP contribution >= 0.6 is 0 Å². The molecule has 1 atom stereocenters. The molecule has 0 bridgehead atoms. The molecule has 0 heterocycles. The second kappa shape index (κ2) is 5.64. The van der Waals surface area contributed by atoms with Crippen LogP contribution in [-0.2, 0) is 0 Å². The van der Waals surface area contributed by atoms with Crippen molar-refractivity contribution in [1.29, 1.82) is 0 Å². The van der Waals surface area contributed by atoms with Gasteiger partial charge in [0.1, 0.15) is 0 Å². The van der Waals surface area contributed by atoms with Gasteiger partial charge in [0, 0.05) is 6.04 Å². The quantitative estimate of drug-likeness (QED) is 0.598. The summed E-state index contributed by atoms with van der Waals surface area (Å²) in [6, 6.07) is 0.708. The lowest BCUT2D eigenvalue weighted by Gasteiger charge is -2.15. The van der Waals surface area contributed by atoms with Gasteiger partial charge in [-0.05, 0) is 44.6 Å². The first-order valence-corrected chi connectivity index (χ1v) is 5.92. The van der Waals surface area contributed by atoms with Crippen molar-refractivity contribution in [1.82, 2.24) is 5.32 Å². The molecule has 1 nitrogen and oxygen atoms in total. The SMILES string of the molecule is CC(C)CC(C)NCCCC1CC1. The standard InChI is InChI=1S/C12H25N/c1-10(2)9-11(3)13-8-4-5-12-6-7-12/h10-13H,4-9H2,1-3H3. The van der Waals surface area contributed by atoms with Crippen molar-refractivity contribution < 1.29 is 0 Å². The largest absolute Gasteiger partial charge is 0.314 e. The molecule has 1 fully saturated rings. The molecule has 0 aromatic heterocycles. The lowest BCUT2D eigenvalue weighted by atomic mass is 10.1. The lowest BCUT2D eigenvalue weighted by Crippen LogP contribution is -2.28. The molecule has 0 amide bonds. The average Bonchev–Trinajstić information content (AvgIpc) is 2.80. The Kier molecular flexibility index (Phi) is 4.79. The highest BCUT2D eigenvalue weighted by atomic mass is 14.9. The van der Waals surface area contributed by atoms with Crippen molar-refractivity contribution in [2.24, 2.45) is 11.8 Å². The summed E-state index contributed by atoms with van der Waals surface area (Å²) in [5.41, 5.74) is 0. The Morgan fingerprint density at radius 2 is 1.92 bits per heavy atom. The van der Waals surface area contributed by atoms with Crippen LogP contribution in [0.1, 0.15) is 52.9 Å². The molecule has 0 aromatic rings. The molecule has 78 valence electrons. The monoisotopic (exact) mass is 183 g/mol. The van der Waals surface area contributed by atoms with Crippen molar-refractivity contribution in [3.8, 4) is 0 Å². The molecule has 0 saturated heterocycles. The molecule has 0 radical (unpaired) electrons. The highest BCUT2D eigenvalue weighted by molar-refractivity contribution is 4.73. The summed E-state index contributed by atoms with van der Waals surface area (Å²) in [7, 11) is 0. The van der Waals surface area contributed by atoms with Crippen molar-refractivity contribution in [3.05, 3.63) is 0 Å². The maximum absolute atomic E-state index is 3.60. The summed E-state index contributed by atoms with van der Waals surface area (Å²) >= 11 is 0. The van der Waals surface area contributed by atoms with Gasteiger partial charge in [0.25, 0.3) is 0 Å². The zero-order valence-electron chi connectivity index (χ0n) is 9.47. The van der Waals surface area contributed by atoms with Gasteiger partial charge in [0.2, 0.25) is 0 Å². The van der Waals surface area contributed by atoms with Gasteiger partial charge in [-0.25, -0.2) is 0 Å². The first-order valence-electron chi connectivity index (χ1n) is 5.92. The molecule has 1 aliphatic carbocycles. The van der Waals surface area contributed by atoms with E-state index in [2.05, 4.69) is 26.1 Å². The van der Waals surface area contributed by atoms with Crippen LogP contribution in [0.2, 0.25) is 0 Å². The maximum Gasteiger partial charge on any atom is 0.00411 e. The minimum atomic E-state index is 0.708. The van der Waals surface area contributed by atoms with Crippen LogP contribution in [0.4, 0.5) is 0 Å². The van der Waals surface area contributed by atoms with Gasteiger partial charge in [-0.1, -0.05) is 26.7 Å². The minimum Gasteiger partial charge on any atom is -0.314 e. The van der Waals surface area contributed by atoms with E-state index >= 15 is 0 Å². The Hall–Kier alpha value is -0.0400. The molecule has 1 rings (SSSR count). The second-order valence-corrected chi connectivity index (χ2v) is 5.07. The lowest BCUT2D eigenvalue weighted by molar-refractivity contribution is 0.434. The Labute approximate surface area is 83.3 Å². The maximum atomic E-state index is 3.60. The summed E-state index contributed by atoms with van der Waals surface area (Å²) in [4.78, 5) is 0. The fourth-order valence-corrected chi connectivity index (χ4v) is 1.94. The van der Waals surface area contributed by atoms with Crippen LogP contribution < -0.4 is 5.32 Å². The Morgan fingerprint density at radius 1 is 1.23 bits per heavy atom. The van der Waals surface area contributed by atoms with Crippen LogP contribution in [-0.4, -0.2) is 12.6 Å². The zero-order valence-corrected chi connectivity index (χ0v) is 9.47. The van der Waals surface area contributed by atoms with Gasteiger partial charge in [-0.2, -0.15) is 0 Å². The first-order chi connectivity index (χ1) is 6.18. The molecule has 13 heavy (non-hydrogen) atoms. The van der Waals surface area contributed by atoms with Gasteiger partial charge in [0.05, 0.1) is 0 Å². The molecule has 1 unspecified atom stereocenters. The van der Waals surface area contributed by atoms with E-state index in [1.54, 1.807) is 0 Å². The number of hydrogen-bond donors (Lipinski definition) is 1. The van der Waals surface area contributed by atoms with Gasteiger partial charge >= 0.3 is 0 Å². The van der Waals surface area contributed by atoms with E-state index in [1.807, 2.05) is 0 Å². The van der Waals surface area contributed by atoms with E-state index in [0.29, 0.717) is 6.04 Å². The van der Waals surface area contributed by atoms with Gasteiger partial charge < -0.3 is 5.32 Å². The van der Waals surface area contributed by atoms with Crippen molar-refractivity contribution in [2.45, 2.75) is 58.9 Å². The highest BCUT2D eigenvalue weighted by Crippen LogP contribution is 2.33. The summed E-state index contributed by atoms with van der Waals surface area (Å²) in [6.07, 6.45) is 7.15. The van der Waals surface area contributed by atoms with Crippen LogP contribution in [0, 0.1) is 11.8 Å². The van der Waals surface area contributed by atoms with E-state index in [1.165, 1.54) is 38.6 Å². The van der Waals surface area contributed by atoms with Crippen molar-refractivity contribution in [2.75, 3.05) is 6.54 Å². The molecule has 0 aromatic carbocycles. The third kappa shape index (κ3) is 6.09. The van der Waals surface area contributed by atoms with Crippen LogP contribution in [0.15, 0.2) is 0 Å². The minimum absolute atomic E-state index is 0.708. The molecular formula is C12H25N. The fourth-order valence-electron chi connectivity index (χ4n) is 1.94. The zero-order chi connectivity index (χ0) is 9.68. The first kappa shape index (κ1) is 11.0. The molecule has 1 aliphatic rings. The molecule has 0 spiro atoms. The van der Waals surface area contributed by atoms with E-state index < -0.39 is 0 Å². The van der Waals surface area contributed by atoms with E-state index in [-0.39, 0.29) is 0 Å². The van der Waals surface area contributed by atoms with Gasteiger partial charge in [-0.15, -0.1) is 0 Å². The highest BCUT2D eigenvalue weighted by Gasteiger charge is 2.19. The molecule has 0 aliphatic heterocycles. The Bertz CT molecular complexity index is 127. The Morgan fingerprint density at radius 3 is 2.46 bits per heavy atom.